The first kappa shape index (κ1) is 20.3. The Morgan fingerprint density at radius 3 is 2.53 bits per heavy atom. The zero-order chi connectivity index (χ0) is 22.2. The van der Waals surface area contributed by atoms with Crippen molar-refractivity contribution >= 4 is 28.8 Å². The summed E-state index contributed by atoms with van der Waals surface area (Å²) in [6.07, 6.45) is 3.61. The van der Waals surface area contributed by atoms with Crippen LogP contribution in [0.15, 0.2) is 82.9 Å². The van der Waals surface area contributed by atoms with Crippen LogP contribution in [0.5, 0.6) is 0 Å². The number of rotatable bonds is 5. The lowest BCUT2D eigenvalue weighted by molar-refractivity contribution is -0.120. The van der Waals surface area contributed by atoms with E-state index in [0.29, 0.717) is 10.6 Å². The molecule has 32 heavy (non-hydrogen) atoms. The van der Waals surface area contributed by atoms with Gasteiger partial charge in [0.05, 0.1) is 28.2 Å². The quantitative estimate of drug-likeness (QED) is 0.428. The molecule has 0 bridgehead atoms. The van der Waals surface area contributed by atoms with Gasteiger partial charge in [-0.25, -0.2) is 0 Å². The van der Waals surface area contributed by atoms with Crippen molar-refractivity contribution in [1.29, 1.82) is 0 Å². The van der Waals surface area contributed by atoms with Gasteiger partial charge in [0.2, 0.25) is 5.91 Å². The molecule has 1 aliphatic heterocycles. The van der Waals surface area contributed by atoms with Gasteiger partial charge >= 0.3 is 0 Å². The van der Waals surface area contributed by atoms with Crippen LogP contribution in [0.2, 0.25) is 0 Å². The second-order valence-corrected chi connectivity index (χ2v) is 8.93. The number of anilines is 1. The van der Waals surface area contributed by atoms with Gasteiger partial charge in [-0.15, -0.1) is 11.3 Å². The predicted octanol–water partition coefficient (Wildman–Crippen LogP) is 5.12. The first-order valence-electron chi connectivity index (χ1n) is 10.5. The van der Waals surface area contributed by atoms with Gasteiger partial charge in [-0.05, 0) is 61.7 Å². The van der Waals surface area contributed by atoms with E-state index in [1.807, 2.05) is 80.0 Å². The van der Waals surface area contributed by atoms with Gasteiger partial charge in [0.15, 0.2) is 0 Å². The van der Waals surface area contributed by atoms with Gasteiger partial charge in [-0.2, -0.15) is 0 Å². The fourth-order valence-electron chi connectivity index (χ4n) is 4.23. The Balaban J connectivity index is 1.57. The van der Waals surface area contributed by atoms with Gasteiger partial charge in [0.25, 0.3) is 5.91 Å². The molecule has 1 unspecified atom stereocenters. The van der Waals surface area contributed by atoms with E-state index in [9.17, 15) is 9.59 Å². The Bertz CT molecular complexity index is 1240. The third-order valence-electron chi connectivity index (χ3n) is 5.72. The number of benzene rings is 1. The minimum Gasteiger partial charge on any atom is -0.467 e. The van der Waals surface area contributed by atoms with Crippen LogP contribution in [-0.2, 0) is 4.79 Å². The van der Waals surface area contributed by atoms with Gasteiger partial charge in [-0.1, -0.05) is 18.2 Å². The van der Waals surface area contributed by atoms with E-state index in [2.05, 4.69) is 4.57 Å². The third-order valence-corrected chi connectivity index (χ3v) is 6.58. The van der Waals surface area contributed by atoms with E-state index in [-0.39, 0.29) is 24.4 Å². The van der Waals surface area contributed by atoms with Crippen LogP contribution in [0, 0.1) is 0 Å². The molecule has 4 heterocycles. The maximum atomic E-state index is 13.9. The lowest BCUT2D eigenvalue weighted by atomic mass is 10.0. The Morgan fingerprint density at radius 2 is 1.84 bits per heavy atom. The standard InChI is InChI=1S/C25H23N3O3S/c1-17(2)27(25(30)22-12-7-15-32-22)16-23(29)28-19-9-4-3-8-18(19)26-13-5-10-20(26)24(28)21-11-6-14-31-21/h3-15,17,24H,16H2,1-2H3. The molecule has 1 aromatic carbocycles. The number of nitrogens with zero attached hydrogens (tertiary/aromatic N) is 3. The normalized spacial score (nSPS) is 14.8. The molecule has 1 aliphatic rings. The molecule has 0 N–H and O–H groups in total. The highest BCUT2D eigenvalue weighted by Crippen LogP contribution is 2.42. The summed E-state index contributed by atoms with van der Waals surface area (Å²) in [4.78, 5) is 31.0. The Hall–Kier alpha value is -3.58. The van der Waals surface area contributed by atoms with Crippen molar-refractivity contribution in [3.05, 3.63) is 94.8 Å². The van der Waals surface area contributed by atoms with Crippen LogP contribution >= 0.6 is 11.3 Å². The minimum atomic E-state index is -0.423. The predicted molar refractivity (Wildman–Crippen MR) is 124 cm³/mol. The van der Waals surface area contributed by atoms with Crippen molar-refractivity contribution < 1.29 is 14.0 Å². The number of aromatic nitrogens is 1. The summed E-state index contributed by atoms with van der Waals surface area (Å²) >= 11 is 1.38. The number of thiophene rings is 1. The van der Waals surface area contributed by atoms with Crippen LogP contribution in [0.1, 0.15) is 41.0 Å². The SMILES string of the molecule is CC(C)N(CC(=O)N1c2ccccc2-n2cccc2C1c1ccco1)C(=O)c1cccs1. The maximum absolute atomic E-state index is 13.9. The average molecular weight is 446 g/mol. The molecule has 4 aromatic rings. The van der Waals surface area contributed by atoms with Crippen LogP contribution in [-0.4, -0.2) is 33.9 Å². The second kappa shape index (κ2) is 8.16. The smallest absolute Gasteiger partial charge is 0.264 e. The second-order valence-electron chi connectivity index (χ2n) is 7.98. The largest absolute Gasteiger partial charge is 0.467 e. The van der Waals surface area contributed by atoms with Crippen LogP contribution in [0.25, 0.3) is 5.69 Å². The molecule has 7 heteroatoms. The van der Waals surface area contributed by atoms with E-state index in [1.54, 1.807) is 22.1 Å². The first-order chi connectivity index (χ1) is 15.6. The van der Waals surface area contributed by atoms with Crippen LogP contribution in [0.4, 0.5) is 5.69 Å². The van der Waals surface area contributed by atoms with Gasteiger partial charge in [0.1, 0.15) is 18.3 Å². The van der Waals surface area contributed by atoms with E-state index < -0.39 is 6.04 Å². The maximum Gasteiger partial charge on any atom is 0.264 e. The third kappa shape index (κ3) is 3.35. The van der Waals surface area contributed by atoms with Crippen molar-refractivity contribution in [1.82, 2.24) is 9.47 Å². The molecule has 6 nitrogen and oxygen atoms in total. The lowest BCUT2D eigenvalue weighted by Gasteiger charge is -2.38. The van der Waals surface area contributed by atoms with E-state index in [1.165, 1.54) is 11.3 Å². The Labute approximate surface area is 190 Å². The number of hydrogen-bond donors (Lipinski definition) is 0. The van der Waals surface area contributed by atoms with E-state index >= 15 is 0 Å². The number of carbonyl (C=O) groups is 2. The van der Waals surface area contributed by atoms with Crippen LogP contribution in [0.3, 0.4) is 0 Å². The molecule has 0 aliphatic carbocycles. The Morgan fingerprint density at radius 1 is 1.03 bits per heavy atom. The van der Waals surface area contributed by atoms with Crippen molar-refractivity contribution in [3.8, 4) is 5.69 Å². The monoisotopic (exact) mass is 445 g/mol. The first-order valence-corrected chi connectivity index (χ1v) is 11.4. The topological polar surface area (TPSA) is 58.7 Å². The molecular formula is C25H23N3O3S. The molecule has 5 rings (SSSR count). The number of hydrogen-bond acceptors (Lipinski definition) is 4. The molecule has 0 spiro atoms. The number of amides is 2. The van der Waals surface area contributed by atoms with Gasteiger partial charge in [0, 0.05) is 12.2 Å². The number of carbonyl (C=O) groups excluding carboxylic acids is 2. The summed E-state index contributed by atoms with van der Waals surface area (Å²) in [5.74, 6) is 0.380. The molecule has 1 atom stereocenters. The molecule has 3 aromatic heterocycles. The number of para-hydroxylation sites is 2. The fourth-order valence-corrected chi connectivity index (χ4v) is 4.91. The highest BCUT2D eigenvalue weighted by atomic mass is 32.1. The summed E-state index contributed by atoms with van der Waals surface area (Å²) in [6.45, 7) is 3.83. The minimum absolute atomic E-state index is 0.0271. The van der Waals surface area contributed by atoms with Gasteiger partial charge < -0.3 is 13.9 Å². The zero-order valence-corrected chi connectivity index (χ0v) is 18.7. The molecule has 162 valence electrons. The van der Waals surface area contributed by atoms with Crippen LogP contribution < -0.4 is 4.90 Å². The number of furan rings is 1. The Kier molecular flexibility index (Phi) is 5.19. The summed E-state index contributed by atoms with van der Waals surface area (Å²) in [6, 6.07) is 18.6. The molecular weight excluding hydrogens is 422 g/mol. The van der Waals surface area contributed by atoms with Crippen molar-refractivity contribution in [3.63, 3.8) is 0 Å². The lowest BCUT2D eigenvalue weighted by Crippen LogP contribution is -2.48. The molecule has 2 amide bonds. The summed E-state index contributed by atoms with van der Waals surface area (Å²) in [5, 5.41) is 1.87. The van der Waals surface area contributed by atoms with Gasteiger partial charge in [-0.3, -0.25) is 14.5 Å². The molecule has 0 saturated carbocycles. The molecule has 0 radical (unpaired) electrons. The van der Waals surface area contributed by atoms with Crippen molar-refractivity contribution in [2.75, 3.05) is 11.4 Å². The molecule has 0 fully saturated rings. The highest BCUT2D eigenvalue weighted by Gasteiger charge is 2.38. The summed E-state index contributed by atoms with van der Waals surface area (Å²) < 4.78 is 7.85. The van der Waals surface area contributed by atoms with Crippen molar-refractivity contribution in [2.24, 2.45) is 0 Å². The summed E-state index contributed by atoms with van der Waals surface area (Å²) in [5.41, 5.74) is 2.65. The van der Waals surface area contributed by atoms with Crippen molar-refractivity contribution in [2.45, 2.75) is 25.9 Å². The number of fused-ring (bicyclic) bond motifs is 3. The highest BCUT2D eigenvalue weighted by molar-refractivity contribution is 7.12. The fraction of sp³-hybridized carbons (Fsp3) is 0.200. The van der Waals surface area contributed by atoms with E-state index in [4.69, 9.17) is 4.42 Å². The summed E-state index contributed by atoms with van der Waals surface area (Å²) in [7, 11) is 0. The average Bonchev–Trinajstić information content (AvgIpc) is 3.57. The molecule has 0 saturated heterocycles. The zero-order valence-electron chi connectivity index (χ0n) is 17.8. The van der Waals surface area contributed by atoms with E-state index in [0.717, 1.165) is 17.1 Å².